The fraction of sp³-hybridized carbons (Fsp3) is 0.200. The second-order valence-corrected chi connectivity index (χ2v) is 9.56. The van der Waals surface area contributed by atoms with Gasteiger partial charge in [-0.25, -0.2) is 8.42 Å². The van der Waals surface area contributed by atoms with Gasteiger partial charge in [-0.05, 0) is 55.3 Å². The average molecular weight is 444 g/mol. The fourth-order valence-corrected chi connectivity index (χ4v) is 4.30. The van der Waals surface area contributed by atoms with Crippen LogP contribution in [0, 0.1) is 13.8 Å². The molecular weight excluding hydrogens is 431 g/mol. The van der Waals surface area contributed by atoms with Gasteiger partial charge in [-0.1, -0.05) is 11.6 Å². The molecule has 12 heteroatoms. The summed E-state index contributed by atoms with van der Waals surface area (Å²) in [5.74, 6) is -0.697. The van der Waals surface area contributed by atoms with E-state index in [1.54, 1.807) is 0 Å². The van der Waals surface area contributed by atoms with Gasteiger partial charge in [-0.3, -0.25) is 4.72 Å². The zero-order valence-corrected chi connectivity index (χ0v) is 16.2. The number of alkyl halides is 3. The molecule has 0 unspecified atom stereocenters. The maximum absolute atomic E-state index is 12.7. The maximum Gasteiger partial charge on any atom is 0.516 e. The van der Waals surface area contributed by atoms with Gasteiger partial charge >= 0.3 is 15.5 Å². The topological polar surface area (TPSA) is 101 Å². The summed E-state index contributed by atoms with van der Waals surface area (Å²) in [7, 11) is -10.1. The monoisotopic (exact) mass is 443 g/mol. The molecule has 0 aliphatic carbocycles. The highest BCUT2D eigenvalue weighted by atomic mass is 35.5. The highest BCUT2D eigenvalue weighted by molar-refractivity contribution is 7.93. The third-order valence-corrected chi connectivity index (χ3v) is 6.93. The molecule has 0 saturated carbocycles. The van der Waals surface area contributed by atoms with Crippen molar-refractivity contribution in [1.82, 2.24) is 0 Å². The predicted octanol–water partition coefficient (Wildman–Crippen LogP) is 3.76. The molecule has 0 aliphatic heterocycles. The van der Waals surface area contributed by atoms with E-state index < -0.39 is 41.7 Å². The predicted molar refractivity (Wildman–Crippen MR) is 93.1 cm³/mol. The molecule has 148 valence electrons. The lowest BCUT2D eigenvalue weighted by molar-refractivity contribution is -0.0429. The van der Waals surface area contributed by atoms with Crippen molar-refractivity contribution >= 4 is 37.1 Å². The van der Waals surface area contributed by atoms with Crippen LogP contribution in [0.5, 0.6) is 5.75 Å². The molecule has 0 amide bonds. The molecule has 2 rings (SSSR count). The van der Waals surface area contributed by atoms with Crippen LogP contribution in [-0.4, -0.2) is 27.5 Å². The van der Waals surface area contributed by atoms with Crippen LogP contribution in [-0.2, 0) is 19.9 Å². The molecule has 0 atom stereocenters. The molecule has 0 heterocycles. The number of sulfonamides is 1. The zero-order chi connectivity index (χ0) is 20.8. The summed E-state index contributed by atoms with van der Waals surface area (Å²) in [6.07, 6.45) is 0. The third-order valence-electron chi connectivity index (χ3n) is 3.79. The summed E-state index contributed by atoms with van der Waals surface area (Å²) in [4.78, 5) is -1.03. The summed E-state index contributed by atoms with van der Waals surface area (Å²) in [5.41, 5.74) is -6.36. The van der Waals surface area contributed by atoms with Crippen molar-refractivity contribution in [1.29, 1.82) is 0 Å². The summed E-state index contributed by atoms with van der Waals surface area (Å²) < 4.78 is 87.5. The Balaban J connectivity index is 2.69. The highest BCUT2D eigenvalue weighted by Crippen LogP contribution is 2.38. The minimum atomic E-state index is -5.78. The van der Waals surface area contributed by atoms with Crippen molar-refractivity contribution in [3.05, 3.63) is 46.5 Å². The van der Waals surface area contributed by atoms with Crippen LogP contribution in [0.3, 0.4) is 0 Å². The van der Waals surface area contributed by atoms with Gasteiger partial charge in [-0.15, -0.1) is 0 Å². The van der Waals surface area contributed by atoms with Gasteiger partial charge in [0.15, 0.2) is 0 Å². The second-order valence-electron chi connectivity index (χ2n) is 5.53. The number of benzene rings is 2. The minimum Gasteiger partial charge on any atom is -0.506 e. The second kappa shape index (κ2) is 6.88. The third kappa shape index (κ3) is 3.99. The van der Waals surface area contributed by atoms with Gasteiger partial charge in [0.1, 0.15) is 10.6 Å². The lowest BCUT2D eigenvalue weighted by atomic mass is 10.1. The molecule has 27 heavy (non-hydrogen) atoms. The van der Waals surface area contributed by atoms with Gasteiger partial charge in [0.05, 0.1) is 10.6 Å². The first-order valence-corrected chi connectivity index (χ1v) is 10.5. The lowest BCUT2D eigenvalue weighted by Gasteiger charge is -2.17. The highest BCUT2D eigenvalue weighted by Gasteiger charge is 2.46. The van der Waals surface area contributed by atoms with Gasteiger partial charge in [0.25, 0.3) is 0 Å². The Labute approximate surface area is 158 Å². The molecule has 2 N–H and O–H groups in total. The minimum absolute atomic E-state index is 0.0598. The molecule has 0 aliphatic rings. The molecule has 0 bridgehead atoms. The quantitative estimate of drug-likeness (QED) is 0.701. The first-order valence-electron chi connectivity index (χ1n) is 7.11. The number of aromatic hydroxyl groups is 1. The van der Waals surface area contributed by atoms with E-state index in [1.807, 2.05) is 0 Å². The molecule has 2 aromatic carbocycles. The Morgan fingerprint density at radius 1 is 1.00 bits per heavy atom. The van der Waals surface area contributed by atoms with Gasteiger partial charge < -0.3 is 5.11 Å². The normalized spacial score (nSPS) is 12.8. The zero-order valence-electron chi connectivity index (χ0n) is 13.8. The first kappa shape index (κ1) is 21.3. The van der Waals surface area contributed by atoms with Crippen LogP contribution < -0.4 is 4.72 Å². The Hall–Kier alpha value is -1.98. The number of anilines is 1. The van der Waals surface area contributed by atoms with E-state index in [1.165, 1.54) is 30.7 Å². The van der Waals surface area contributed by atoms with Crippen LogP contribution in [0.15, 0.2) is 40.1 Å². The maximum atomic E-state index is 12.7. The number of nitrogens with one attached hydrogen (secondary N) is 1. The van der Waals surface area contributed by atoms with Crippen LogP contribution in [0.4, 0.5) is 18.9 Å². The standard InChI is InChI=1S/C15H13ClF3NO5S2/c1-8-9(2)14(21)13(7-12(8)20-27(24,25)15(17,18)19)26(22,23)11-5-3-10(16)4-6-11/h3-7,20-21H,1-2H3. The van der Waals surface area contributed by atoms with E-state index in [4.69, 9.17) is 11.6 Å². The molecule has 0 saturated heterocycles. The Kier molecular flexibility index (Phi) is 5.43. The smallest absolute Gasteiger partial charge is 0.506 e. The molecule has 2 aromatic rings. The van der Waals surface area contributed by atoms with Crippen molar-refractivity contribution in [3.63, 3.8) is 0 Å². The number of sulfone groups is 1. The van der Waals surface area contributed by atoms with Gasteiger partial charge in [0.2, 0.25) is 9.84 Å². The van der Waals surface area contributed by atoms with E-state index in [0.29, 0.717) is 6.07 Å². The Morgan fingerprint density at radius 2 is 1.52 bits per heavy atom. The van der Waals surface area contributed by atoms with Crippen LogP contribution in [0.2, 0.25) is 5.02 Å². The van der Waals surface area contributed by atoms with Crippen molar-refractivity contribution in [2.45, 2.75) is 29.1 Å². The Morgan fingerprint density at radius 3 is 2.00 bits per heavy atom. The molecule has 0 fully saturated rings. The SMILES string of the molecule is Cc1c(NS(=O)(=O)C(F)(F)F)cc(S(=O)(=O)c2ccc(Cl)cc2)c(O)c1C. The summed E-state index contributed by atoms with van der Waals surface area (Å²) >= 11 is 5.70. The van der Waals surface area contributed by atoms with E-state index in [-0.39, 0.29) is 21.0 Å². The number of phenols is 1. The van der Waals surface area contributed by atoms with E-state index in [0.717, 1.165) is 12.1 Å². The summed E-state index contributed by atoms with van der Waals surface area (Å²) in [5, 5.41) is 10.5. The lowest BCUT2D eigenvalue weighted by Crippen LogP contribution is -2.30. The first-order chi connectivity index (χ1) is 12.2. The van der Waals surface area contributed by atoms with Crippen molar-refractivity contribution in [2.75, 3.05) is 4.72 Å². The largest absolute Gasteiger partial charge is 0.516 e. The van der Waals surface area contributed by atoms with Crippen molar-refractivity contribution in [2.24, 2.45) is 0 Å². The van der Waals surface area contributed by atoms with Gasteiger partial charge in [0, 0.05) is 5.02 Å². The molecule has 0 aromatic heterocycles. The van der Waals surface area contributed by atoms with Crippen LogP contribution in [0.25, 0.3) is 0 Å². The van der Waals surface area contributed by atoms with Crippen LogP contribution in [0.1, 0.15) is 11.1 Å². The molecular formula is C15H13ClF3NO5S2. The molecule has 0 radical (unpaired) electrons. The van der Waals surface area contributed by atoms with E-state index >= 15 is 0 Å². The average Bonchev–Trinajstić information content (AvgIpc) is 2.54. The number of halogens is 4. The number of hydrogen-bond acceptors (Lipinski definition) is 5. The van der Waals surface area contributed by atoms with E-state index in [2.05, 4.69) is 0 Å². The number of rotatable bonds is 4. The van der Waals surface area contributed by atoms with Crippen LogP contribution >= 0.6 is 11.6 Å². The van der Waals surface area contributed by atoms with Gasteiger partial charge in [-0.2, -0.15) is 21.6 Å². The number of hydrogen-bond donors (Lipinski definition) is 2. The number of phenolic OH excluding ortho intramolecular Hbond substituents is 1. The molecule has 6 nitrogen and oxygen atoms in total. The van der Waals surface area contributed by atoms with E-state index in [9.17, 15) is 35.1 Å². The summed E-state index contributed by atoms with van der Waals surface area (Å²) in [6, 6.07) is 5.49. The molecule has 0 spiro atoms. The van der Waals surface area contributed by atoms with Crippen molar-refractivity contribution < 1.29 is 35.1 Å². The van der Waals surface area contributed by atoms with Crippen molar-refractivity contribution in [3.8, 4) is 5.75 Å². The Bertz CT molecular complexity index is 1100. The fourth-order valence-electron chi connectivity index (χ4n) is 2.13. The summed E-state index contributed by atoms with van der Waals surface area (Å²) in [6.45, 7) is 2.49.